The van der Waals surface area contributed by atoms with Gasteiger partial charge in [-0.25, -0.2) is 4.79 Å². The topological polar surface area (TPSA) is 72.5 Å². The average molecular weight is 346 g/mol. The number of Topliss-reactive ketones (excluding diaryl/α,β-unsaturated/α-hetero) is 1. The van der Waals surface area contributed by atoms with Crippen LogP contribution in [-0.2, 0) is 9.53 Å². The third-order valence-electron chi connectivity index (χ3n) is 3.23. The van der Waals surface area contributed by atoms with E-state index in [-0.39, 0.29) is 18.3 Å². The Morgan fingerprint density at radius 2 is 1.54 bits per heavy atom. The lowest BCUT2D eigenvalue weighted by atomic mass is 10.1. The molecule has 0 spiro atoms. The summed E-state index contributed by atoms with van der Waals surface area (Å²) in [5.74, 6) is -1.02. The predicted molar refractivity (Wildman–Crippen MR) is 91.4 cm³/mol. The molecule has 0 radical (unpaired) electrons. The predicted octanol–water partition coefficient (Wildman–Crippen LogP) is 3.73. The van der Waals surface area contributed by atoms with E-state index in [0.29, 0.717) is 28.3 Å². The van der Waals surface area contributed by atoms with Crippen LogP contribution in [0.5, 0.6) is 0 Å². The number of benzene rings is 2. The summed E-state index contributed by atoms with van der Waals surface area (Å²) in [5.41, 5.74) is 1.33. The molecule has 6 heteroatoms. The van der Waals surface area contributed by atoms with Crippen molar-refractivity contribution in [1.82, 2.24) is 0 Å². The van der Waals surface area contributed by atoms with Crippen LogP contribution in [0, 0.1) is 0 Å². The Morgan fingerprint density at radius 1 is 0.958 bits per heavy atom. The monoisotopic (exact) mass is 345 g/mol. The first-order chi connectivity index (χ1) is 11.5. The maximum absolute atomic E-state index is 12.0. The summed E-state index contributed by atoms with van der Waals surface area (Å²) in [6.07, 6.45) is 0.376. The molecule has 24 heavy (non-hydrogen) atoms. The first kappa shape index (κ1) is 17.7. The van der Waals surface area contributed by atoms with E-state index in [1.165, 1.54) is 12.1 Å². The third-order valence-corrected chi connectivity index (χ3v) is 3.48. The highest BCUT2D eigenvalue weighted by Crippen LogP contribution is 2.12. The standard InChI is InChI=1S/C18H16ClNO4/c1-2-17(22)20-15-9-5-12(6-10-15)16(21)11-24-18(23)13-3-7-14(19)8-4-13/h3-10H,2,11H2,1H3,(H,20,22). The fraction of sp³-hybridized carbons (Fsp3) is 0.167. The third kappa shape index (κ3) is 4.93. The number of carbonyl (C=O) groups is 3. The minimum atomic E-state index is -0.591. The summed E-state index contributed by atoms with van der Waals surface area (Å²) in [7, 11) is 0. The van der Waals surface area contributed by atoms with Crippen LogP contribution in [0.25, 0.3) is 0 Å². The molecule has 0 saturated heterocycles. The fourth-order valence-electron chi connectivity index (χ4n) is 1.87. The van der Waals surface area contributed by atoms with Gasteiger partial charge in [-0.05, 0) is 48.5 Å². The summed E-state index contributed by atoms with van der Waals surface area (Å²) in [5, 5.41) is 3.20. The average Bonchev–Trinajstić information content (AvgIpc) is 2.60. The molecule has 2 aromatic carbocycles. The number of amides is 1. The number of halogens is 1. The molecule has 0 fully saturated rings. The quantitative estimate of drug-likeness (QED) is 0.639. The second-order valence-electron chi connectivity index (χ2n) is 4.99. The molecular weight excluding hydrogens is 330 g/mol. The Balaban J connectivity index is 1.91. The first-order valence-corrected chi connectivity index (χ1v) is 7.73. The van der Waals surface area contributed by atoms with E-state index in [0.717, 1.165) is 0 Å². The second kappa shape index (κ2) is 8.26. The number of hydrogen-bond donors (Lipinski definition) is 1. The van der Waals surface area contributed by atoms with Gasteiger partial charge in [0.2, 0.25) is 5.91 Å². The lowest BCUT2D eigenvalue weighted by Crippen LogP contribution is -2.14. The Labute approximate surface area is 144 Å². The minimum absolute atomic E-state index is 0.106. The van der Waals surface area contributed by atoms with Gasteiger partial charge in [0, 0.05) is 22.7 Å². The zero-order chi connectivity index (χ0) is 17.5. The highest BCUT2D eigenvalue weighted by molar-refractivity contribution is 6.30. The van der Waals surface area contributed by atoms with Crippen molar-refractivity contribution in [2.24, 2.45) is 0 Å². The highest BCUT2D eigenvalue weighted by Gasteiger charge is 2.12. The van der Waals surface area contributed by atoms with Crippen LogP contribution in [0.4, 0.5) is 5.69 Å². The smallest absolute Gasteiger partial charge is 0.338 e. The molecule has 0 bridgehead atoms. The molecule has 0 unspecified atom stereocenters. The van der Waals surface area contributed by atoms with Crippen molar-refractivity contribution in [3.8, 4) is 0 Å². The SMILES string of the molecule is CCC(=O)Nc1ccc(C(=O)COC(=O)c2ccc(Cl)cc2)cc1. The van der Waals surface area contributed by atoms with E-state index in [9.17, 15) is 14.4 Å². The van der Waals surface area contributed by atoms with Gasteiger partial charge in [0.15, 0.2) is 12.4 Å². The number of anilines is 1. The summed E-state index contributed by atoms with van der Waals surface area (Å²) in [4.78, 5) is 35.2. The van der Waals surface area contributed by atoms with Gasteiger partial charge < -0.3 is 10.1 Å². The van der Waals surface area contributed by atoms with Crippen molar-refractivity contribution in [1.29, 1.82) is 0 Å². The van der Waals surface area contributed by atoms with Gasteiger partial charge in [0.1, 0.15) is 0 Å². The molecule has 5 nitrogen and oxygen atoms in total. The van der Waals surface area contributed by atoms with Crippen LogP contribution >= 0.6 is 11.6 Å². The van der Waals surface area contributed by atoms with Crippen LogP contribution in [0.1, 0.15) is 34.1 Å². The molecule has 0 aliphatic carbocycles. The summed E-state index contributed by atoms with van der Waals surface area (Å²) >= 11 is 5.74. The summed E-state index contributed by atoms with van der Waals surface area (Å²) in [6.45, 7) is 1.39. The lowest BCUT2D eigenvalue weighted by molar-refractivity contribution is -0.115. The first-order valence-electron chi connectivity index (χ1n) is 7.35. The van der Waals surface area contributed by atoms with E-state index >= 15 is 0 Å². The Morgan fingerprint density at radius 3 is 2.12 bits per heavy atom. The van der Waals surface area contributed by atoms with Gasteiger partial charge in [-0.3, -0.25) is 9.59 Å². The molecule has 0 atom stereocenters. The number of ketones is 1. The largest absolute Gasteiger partial charge is 0.454 e. The van der Waals surface area contributed by atoms with Crippen molar-refractivity contribution in [2.75, 3.05) is 11.9 Å². The Hall–Kier alpha value is -2.66. The zero-order valence-corrected chi connectivity index (χ0v) is 13.8. The Bertz CT molecular complexity index is 739. The van der Waals surface area contributed by atoms with E-state index < -0.39 is 5.97 Å². The number of nitrogens with one attached hydrogen (secondary N) is 1. The molecule has 0 heterocycles. The number of hydrogen-bond acceptors (Lipinski definition) is 4. The minimum Gasteiger partial charge on any atom is -0.454 e. The molecule has 2 rings (SSSR count). The molecule has 0 saturated carbocycles. The molecule has 2 aromatic rings. The number of rotatable bonds is 6. The molecule has 124 valence electrons. The van der Waals surface area contributed by atoms with Crippen molar-refractivity contribution in [2.45, 2.75) is 13.3 Å². The zero-order valence-electron chi connectivity index (χ0n) is 13.0. The number of ether oxygens (including phenoxy) is 1. The van der Waals surface area contributed by atoms with Crippen LogP contribution in [0.15, 0.2) is 48.5 Å². The van der Waals surface area contributed by atoms with E-state index in [4.69, 9.17) is 16.3 Å². The maximum Gasteiger partial charge on any atom is 0.338 e. The second-order valence-corrected chi connectivity index (χ2v) is 5.42. The molecule has 0 aliphatic rings. The van der Waals surface area contributed by atoms with Crippen LogP contribution < -0.4 is 5.32 Å². The van der Waals surface area contributed by atoms with Crippen molar-refractivity contribution < 1.29 is 19.1 Å². The van der Waals surface area contributed by atoms with Crippen LogP contribution in [0.2, 0.25) is 5.02 Å². The van der Waals surface area contributed by atoms with Gasteiger partial charge in [0.05, 0.1) is 5.56 Å². The van der Waals surface area contributed by atoms with Crippen molar-refractivity contribution >= 4 is 34.9 Å². The lowest BCUT2D eigenvalue weighted by Gasteiger charge is -2.06. The van der Waals surface area contributed by atoms with Crippen molar-refractivity contribution in [3.63, 3.8) is 0 Å². The van der Waals surface area contributed by atoms with E-state index in [1.807, 2.05) is 0 Å². The normalized spacial score (nSPS) is 10.1. The molecule has 1 amide bonds. The van der Waals surface area contributed by atoms with E-state index in [1.54, 1.807) is 43.3 Å². The van der Waals surface area contributed by atoms with Crippen LogP contribution in [-0.4, -0.2) is 24.3 Å². The molecule has 1 N–H and O–H groups in total. The molecular formula is C18H16ClNO4. The number of carbonyl (C=O) groups excluding carboxylic acids is 3. The van der Waals surface area contributed by atoms with Gasteiger partial charge >= 0.3 is 5.97 Å². The van der Waals surface area contributed by atoms with Crippen molar-refractivity contribution in [3.05, 3.63) is 64.7 Å². The van der Waals surface area contributed by atoms with Gasteiger partial charge in [-0.15, -0.1) is 0 Å². The number of esters is 1. The van der Waals surface area contributed by atoms with Gasteiger partial charge in [-0.1, -0.05) is 18.5 Å². The molecule has 0 aliphatic heterocycles. The fourth-order valence-corrected chi connectivity index (χ4v) is 2.00. The summed E-state index contributed by atoms with van der Waals surface area (Å²) < 4.78 is 5.00. The van der Waals surface area contributed by atoms with Gasteiger partial charge in [-0.2, -0.15) is 0 Å². The molecule has 0 aromatic heterocycles. The van der Waals surface area contributed by atoms with Gasteiger partial charge in [0.25, 0.3) is 0 Å². The highest BCUT2D eigenvalue weighted by atomic mass is 35.5. The maximum atomic E-state index is 12.0. The van der Waals surface area contributed by atoms with Crippen LogP contribution in [0.3, 0.4) is 0 Å². The van der Waals surface area contributed by atoms with E-state index in [2.05, 4.69) is 5.32 Å². The summed E-state index contributed by atoms with van der Waals surface area (Å²) in [6, 6.07) is 12.6. The Kier molecular flexibility index (Phi) is 6.09.